The molecule has 2 unspecified atom stereocenters. The minimum Gasteiger partial charge on any atom is -0.348 e. The number of benzene rings is 1. The molecule has 0 radical (unpaired) electrons. The fourth-order valence-corrected chi connectivity index (χ4v) is 4.99. The zero-order chi connectivity index (χ0) is 20.7. The number of anilines is 1. The number of nitrogens with one attached hydrogen (secondary N) is 1. The number of aromatic nitrogens is 3. The molecule has 8 heteroatoms. The van der Waals surface area contributed by atoms with Gasteiger partial charge in [-0.2, -0.15) is 0 Å². The maximum absolute atomic E-state index is 13.2. The van der Waals surface area contributed by atoms with E-state index >= 15 is 0 Å². The van der Waals surface area contributed by atoms with Crippen LogP contribution < -0.4 is 10.2 Å². The monoisotopic (exact) mass is 421 g/mol. The molecule has 2 amide bonds. The third-order valence-electron chi connectivity index (χ3n) is 5.81. The van der Waals surface area contributed by atoms with Gasteiger partial charge in [0.15, 0.2) is 5.82 Å². The average Bonchev–Trinajstić information content (AvgIpc) is 3.14. The Bertz CT molecular complexity index is 1060. The lowest BCUT2D eigenvalue weighted by molar-refractivity contribution is -0.127. The summed E-state index contributed by atoms with van der Waals surface area (Å²) in [7, 11) is 0. The van der Waals surface area contributed by atoms with Gasteiger partial charge in [0.1, 0.15) is 6.33 Å². The molecule has 0 bridgehead atoms. The summed E-state index contributed by atoms with van der Waals surface area (Å²) in [6.45, 7) is 2.34. The van der Waals surface area contributed by atoms with Crippen LogP contribution in [-0.4, -0.2) is 26.6 Å². The van der Waals surface area contributed by atoms with E-state index in [1.807, 2.05) is 53.3 Å². The molecule has 154 valence electrons. The van der Waals surface area contributed by atoms with E-state index in [1.165, 1.54) is 0 Å². The fourth-order valence-electron chi connectivity index (χ4n) is 4.11. The third kappa shape index (κ3) is 3.52. The van der Waals surface area contributed by atoms with Crippen LogP contribution in [0, 0.1) is 12.8 Å². The minimum atomic E-state index is -0.449. The highest BCUT2D eigenvalue weighted by atomic mass is 32.1. The van der Waals surface area contributed by atoms with Gasteiger partial charge in [0.25, 0.3) is 0 Å². The van der Waals surface area contributed by atoms with Crippen LogP contribution in [0.1, 0.15) is 47.6 Å². The summed E-state index contributed by atoms with van der Waals surface area (Å²) in [4.78, 5) is 29.0. The molecule has 1 saturated carbocycles. The number of nitrogens with zero attached hydrogens (tertiary/aromatic N) is 4. The topological polar surface area (TPSA) is 80.1 Å². The van der Waals surface area contributed by atoms with Gasteiger partial charge in [0, 0.05) is 23.0 Å². The van der Waals surface area contributed by atoms with Crippen molar-refractivity contribution in [3.05, 3.63) is 64.4 Å². The van der Waals surface area contributed by atoms with Crippen molar-refractivity contribution in [2.24, 2.45) is 5.92 Å². The van der Waals surface area contributed by atoms with E-state index in [1.54, 1.807) is 22.6 Å². The highest BCUT2D eigenvalue weighted by molar-refractivity contribution is 7.10. The van der Waals surface area contributed by atoms with E-state index < -0.39 is 5.92 Å². The van der Waals surface area contributed by atoms with Crippen LogP contribution in [0.2, 0.25) is 0 Å². The molecule has 3 heterocycles. The summed E-state index contributed by atoms with van der Waals surface area (Å²) in [6, 6.07) is 12.0. The van der Waals surface area contributed by atoms with Crippen LogP contribution in [0.4, 0.5) is 5.69 Å². The van der Waals surface area contributed by atoms with Crippen LogP contribution in [-0.2, 0) is 16.1 Å². The Morgan fingerprint density at radius 1 is 1.23 bits per heavy atom. The molecule has 5 rings (SSSR count). The van der Waals surface area contributed by atoms with Crippen molar-refractivity contribution >= 4 is 28.8 Å². The van der Waals surface area contributed by atoms with Crippen LogP contribution >= 0.6 is 11.3 Å². The number of rotatable bonds is 6. The summed E-state index contributed by atoms with van der Waals surface area (Å²) < 4.78 is 2.04. The Labute approximate surface area is 178 Å². The smallest absolute Gasteiger partial charge is 0.228 e. The van der Waals surface area contributed by atoms with Gasteiger partial charge in [-0.3, -0.25) is 9.59 Å². The van der Waals surface area contributed by atoms with Crippen molar-refractivity contribution in [3.8, 4) is 0 Å². The molecule has 1 aliphatic carbocycles. The van der Waals surface area contributed by atoms with Crippen LogP contribution in [0.3, 0.4) is 0 Å². The summed E-state index contributed by atoms with van der Waals surface area (Å²) >= 11 is 1.58. The average molecular weight is 422 g/mol. The molecule has 2 aliphatic rings. The quantitative estimate of drug-likeness (QED) is 0.662. The summed E-state index contributed by atoms with van der Waals surface area (Å²) in [5, 5.41) is 13.1. The molecule has 30 heavy (non-hydrogen) atoms. The predicted octanol–water partition coefficient (Wildman–Crippen LogP) is 3.39. The fraction of sp³-hybridized carbons (Fsp3) is 0.364. The maximum Gasteiger partial charge on any atom is 0.228 e. The molecule has 1 saturated heterocycles. The normalized spacial score (nSPS) is 21.2. The van der Waals surface area contributed by atoms with Crippen molar-refractivity contribution in [1.29, 1.82) is 0 Å². The Balaban J connectivity index is 1.39. The minimum absolute atomic E-state index is 0.0291. The first-order valence-electron chi connectivity index (χ1n) is 10.2. The second kappa shape index (κ2) is 7.68. The van der Waals surface area contributed by atoms with Gasteiger partial charge in [-0.25, -0.2) is 0 Å². The van der Waals surface area contributed by atoms with Crippen molar-refractivity contribution in [3.63, 3.8) is 0 Å². The van der Waals surface area contributed by atoms with Gasteiger partial charge in [0.05, 0.1) is 18.5 Å². The van der Waals surface area contributed by atoms with Crippen molar-refractivity contribution in [2.75, 3.05) is 4.90 Å². The van der Waals surface area contributed by atoms with Crippen LogP contribution in [0.25, 0.3) is 0 Å². The number of amides is 2. The van der Waals surface area contributed by atoms with Gasteiger partial charge in [0.2, 0.25) is 11.8 Å². The Kier molecular flexibility index (Phi) is 4.86. The lowest BCUT2D eigenvalue weighted by Gasteiger charge is -2.27. The number of thiophene rings is 1. The standard InChI is InChI=1S/C22H23N5O2S/c1-14-4-6-16(7-5-14)27-20(28)11-17(21(27)18-3-2-10-30-18)22(29)23-12-19-25-24-13-26(19)15-8-9-15/h2-7,10,13,15,17,21H,8-9,11-12H2,1H3,(H,23,29). The van der Waals surface area contributed by atoms with Crippen molar-refractivity contribution in [1.82, 2.24) is 20.1 Å². The second-order valence-electron chi connectivity index (χ2n) is 7.97. The molecule has 2 aromatic heterocycles. The van der Waals surface area contributed by atoms with Crippen molar-refractivity contribution in [2.45, 2.75) is 44.8 Å². The van der Waals surface area contributed by atoms with E-state index in [0.29, 0.717) is 12.6 Å². The van der Waals surface area contributed by atoms with Gasteiger partial charge in [-0.15, -0.1) is 21.5 Å². The van der Waals surface area contributed by atoms with E-state index in [-0.39, 0.29) is 24.3 Å². The zero-order valence-corrected chi connectivity index (χ0v) is 17.5. The Morgan fingerprint density at radius 2 is 2.03 bits per heavy atom. The predicted molar refractivity (Wildman–Crippen MR) is 114 cm³/mol. The molecule has 1 N–H and O–H groups in total. The van der Waals surface area contributed by atoms with E-state index in [9.17, 15) is 9.59 Å². The molecular weight excluding hydrogens is 398 g/mol. The summed E-state index contributed by atoms with van der Waals surface area (Å²) in [6.07, 6.45) is 4.17. The molecular formula is C22H23N5O2S. The Hall–Kier alpha value is -3.00. The van der Waals surface area contributed by atoms with Gasteiger partial charge in [-0.05, 0) is 43.3 Å². The number of aryl methyl sites for hydroxylation is 1. The first-order chi connectivity index (χ1) is 14.6. The molecule has 2 atom stereocenters. The summed E-state index contributed by atoms with van der Waals surface area (Å²) in [5.41, 5.74) is 1.96. The third-order valence-corrected chi connectivity index (χ3v) is 6.76. The van der Waals surface area contributed by atoms with Crippen molar-refractivity contribution < 1.29 is 9.59 Å². The first-order valence-corrected chi connectivity index (χ1v) is 11.1. The number of carbonyl (C=O) groups is 2. The number of hydrogen-bond donors (Lipinski definition) is 1. The van der Waals surface area contributed by atoms with Gasteiger partial charge >= 0.3 is 0 Å². The van der Waals surface area contributed by atoms with Crippen LogP contribution in [0.5, 0.6) is 0 Å². The molecule has 3 aromatic rings. The van der Waals surface area contributed by atoms with E-state index in [0.717, 1.165) is 34.8 Å². The molecule has 1 aromatic carbocycles. The van der Waals surface area contributed by atoms with Crippen LogP contribution in [0.15, 0.2) is 48.1 Å². The number of hydrogen-bond acceptors (Lipinski definition) is 5. The second-order valence-corrected chi connectivity index (χ2v) is 8.95. The lowest BCUT2D eigenvalue weighted by atomic mass is 9.97. The highest BCUT2D eigenvalue weighted by Crippen LogP contribution is 2.43. The van der Waals surface area contributed by atoms with E-state index in [2.05, 4.69) is 15.5 Å². The van der Waals surface area contributed by atoms with Gasteiger partial charge < -0.3 is 14.8 Å². The summed E-state index contributed by atoms with van der Waals surface area (Å²) in [5.74, 6) is 0.160. The molecule has 7 nitrogen and oxygen atoms in total. The first kappa shape index (κ1) is 19.0. The van der Waals surface area contributed by atoms with E-state index in [4.69, 9.17) is 0 Å². The maximum atomic E-state index is 13.2. The lowest BCUT2D eigenvalue weighted by Crippen LogP contribution is -2.35. The Morgan fingerprint density at radius 3 is 2.73 bits per heavy atom. The molecule has 1 aliphatic heterocycles. The SMILES string of the molecule is Cc1ccc(N2C(=O)CC(C(=O)NCc3nncn3C3CC3)C2c2cccs2)cc1. The van der Waals surface area contributed by atoms with Gasteiger partial charge in [-0.1, -0.05) is 23.8 Å². The molecule has 2 fully saturated rings. The number of carbonyl (C=O) groups excluding carboxylic acids is 2. The highest BCUT2D eigenvalue weighted by Gasteiger charge is 2.45. The largest absolute Gasteiger partial charge is 0.348 e. The zero-order valence-electron chi connectivity index (χ0n) is 16.7. The molecule has 0 spiro atoms.